The molecule has 6 heteroatoms. The molecule has 0 unspecified atom stereocenters. The molecule has 0 bridgehead atoms. The fourth-order valence-corrected chi connectivity index (χ4v) is 1.61. The molecular weight excluding hydrogens is 228 g/mol. The average Bonchev–Trinajstić information content (AvgIpc) is 2.38. The predicted octanol–water partition coefficient (Wildman–Crippen LogP) is 1.92. The highest BCUT2D eigenvalue weighted by atomic mass is 15.2. The molecular formula is C12H16N6. The lowest BCUT2D eigenvalue weighted by molar-refractivity contribution is 0.978. The fourth-order valence-electron chi connectivity index (χ4n) is 1.61. The molecule has 0 aliphatic carbocycles. The van der Waals surface area contributed by atoms with Gasteiger partial charge in [-0.05, 0) is 25.0 Å². The molecule has 94 valence electrons. The van der Waals surface area contributed by atoms with Crippen LogP contribution in [-0.4, -0.2) is 27.0 Å². The van der Waals surface area contributed by atoms with E-state index in [0.717, 1.165) is 12.2 Å². The largest absolute Gasteiger partial charge is 0.373 e. The number of aromatic nitrogens is 4. The smallest absolute Gasteiger partial charge is 0.231 e. The minimum absolute atomic E-state index is 0.501. The van der Waals surface area contributed by atoms with Crippen LogP contribution in [-0.2, 0) is 6.42 Å². The summed E-state index contributed by atoms with van der Waals surface area (Å²) >= 11 is 0. The van der Waals surface area contributed by atoms with Gasteiger partial charge < -0.3 is 10.6 Å². The Balaban J connectivity index is 2.24. The van der Waals surface area contributed by atoms with Gasteiger partial charge in [0.1, 0.15) is 23.8 Å². The van der Waals surface area contributed by atoms with Crippen molar-refractivity contribution in [3.8, 4) is 0 Å². The summed E-state index contributed by atoms with van der Waals surface area (Å²) in [6.45, 7) is 3.92. The van der Waals surface area contributed by atoms with Crippen LogP contribution >= 0.6 is 0 Å². The maximum Gasteiger partial charge on any atom is 0.231 e. The van der Waals surface area contributed by atoms with Crippen molar-refractivity contribution in [2.45, 2.75) is 20.3 Å². The number of nitrogens with one attached hydrogen (secondary N) is 2. The predicted molar refractivity (Wildman–Crippen MR) is 71.0 cm³/mol. The number of anilines is 3. The van der Waals surface area contributed by atoms with E-state index in [1.807, 2.05) is 26.1 Å². The van der Waals surface area contributed by atoms with Crippen LogP contribution in [0, 0.1) is 6.92 Å². The quantitative estimate of drug-likeness (QED) is 0.855. The Bertz CT molecular complexity index is 540. The molecule has 0 aliphatic heterocycles. The molecule has 18 heavy (non-hydrogen) atoms. The molecule has 0 saturated carbocycles. The first-order chi connectivity index (χ1) is 8.72. The third-order valence-electron chi connectivity index (χ3n) is 2.53. The number of hydrogen-bond acceptors (Lipinski definition) is 6. The van der Waals surface area contributed by atoms with Crippen molar-refractivity contribution in [2.75, 3.05) is 17.7 Å². The zero-order chi connectivity index (χ0) is 13.0. The van der Waals surface area contributed by atoms with Crippen LogP contribution in [0.15, 0.2) is 18.5 Å². The van der Waals surface area contributed by atoms with Gasteiger partial charge in [-0.15, -0.1) is 0 Å². The second-order valence-electron chi connectivity index (χ2n) is 3.79. The van der Waals surface area contributed by atoms with Crippen molar-refractivity contribution < 1.29 is 0 Å². The summed E-state index contributed by atoms with van der Waals surface area (Å²) in [6.07, 6.45) is 2.42. The Morgan fingerprint density at radius 2 is 2.00 bits per heavy atom. The van der Waals surface area contributed by atoms with Gasteiger partial charge >= 0.3 is 0 Å². The third kappa shape index (κ3) is 2.71. The Kier molecular flexibility index (Phi) is 3.66. The zero-order valence-electron chi connectivity index (χ0n) is 10.7. The Labute approximate surface area is 106 Å². The van der Waals surface area contributed by atoms with Gasteiger partial charge in [0, 0.05) is 7.05 Å². The molecule has 0 fully saturated rings. The van der Waals surface area contributed by atoms with E-state index < -0.39 is 0 Å². The number of aryl methyl sites for hydroxylation is 2. The number of rotatable bonds is 4. The molecule has 2 N–H and O–H groups in total. The van der Waals surface area contributed by atoms with Gasteiger partial charge in [-0.3, -0.25) is 0 Å². The zero-order valence-corrected chi connectivity index (χ0v) is 10.7. The summed E-state index contributed by atoms with van der Waals surface area (Å²) in [7, 11) is 1.86. The Hall–Kier alpha value is -2.24. The first-order valence-corrected chi connectivity index (χ1v) is 5.83. The van der Waals surface area contributed by atoms with E-state index in [1.54, 1.807) is 0 Å². The number of nitrogens with zero attached hydrogens (tertiary/aromatic N) is 4. The van der Waals surface area contributed by atoms with Gasteiger partial charge in [0.05, 0.1) is 0 Å². The molecule has 0 amide bonds. The lowest BCUT2D eigenvalue weighted by atomic mass is 10.2. The molecule has 0 atom stereocenters. The number of hydrogen-bond donors (Lipinski definition) is 2. The molecule has 0 radical (unpaired) electrons. The maximum absolute atomic E-state index is 4.46. The topological polar surface area (TPSA) is 75.6 Å². The third-order valence-corrected chi connectivity index (χ3v) is 2.53. The summed E-state index contributed by atoms with van der Waals surface area (Å²) in [5.41, 5.74) is 1.18. The fraction of sp³-hybridized carbons (Fsp3) is 0.333. The normalized spacial score (nSPS) is 10.2. The SMILES string of the molecule is CCc1ccc(Nc2ncnc(C)n2)nc1NC. The van der Waals surface area contributed by atoms with Crippen LogP contribution in [0.25, 0.3) is 0 Å². The second-order valence-corrected chi connectivity index (χ2v) is 3.79. The van der Waals surface area contributed by atoms with E-state index >= 15 is 0 Å². The summed E-state index contributed by atoms with van der Waals surface area (Å²) in [5, 5.41) is 6.14. The van der Waals surface area contributed by atoms with Gasteiger partial charge in [-0.1, -0.05) is 13.0 Å². The highest BCUT2D eigenvalue weighted by molar-refractivity contribution is 5.55. The molecule has 2 aromatic heterocycles. The van der Waals surface area contributed by atoms with Gasteiger partial charge in [0.2, 0.25) is 5.95 Å². The summed E-state index contributed by atoms with van der Waals surface area (Å²) in [6, 6.07) is 3.95. The second kappa shape index (κ2) is 5.39. The molecule has 0 spiro atoms. The first-order valence-electron chi connectivity index (χ1n) is 5.83. The van der Waals surface area contributed by atoms with Crippen LogP contribution in [0.1, 0.15) is 18.3 Å². The van der Waals surface area contributed by atoms with E-state index in [0.29, 0.717) is 17.6 Å². The van der Waals surface area contributed by atoms with Crippen molar-refractivity contribution in [3.05, 3.63) is 29.8 Å². The van der Waals surface area contributed by atoms with Crippen LogP contribution < -0.4 is 10.6 Å². The van der Waals surface area contributed by atoms with Gasteiger partial charge in [-0.25, -0.2) is 15.0 Å². The Morgan fingerprint density at radius 3 is 2.67 bits per heavy atom. The average molecular weight is 244 g/mol. The summed E-state index contributed by atoms with van der Waals surface area (Å²) < 4.78 is 0. The van der Waals surface area contributed by atoms with Crippen LogP contribution in [0.3, 0.4) is 0 Å². The van der Waals surface area contributed by atoms with Crippen molar-refractivity contribution >= 4 is 17.6 Å². The van der Waals surface area contributed by atoms with E-state index in [1.165, 1.54) is 11.9 Å². The lowest BCUT2D eigenvalue weighted by Gasteiger charge is -2.09. The highest BCUT2D eigenvalue weighted by Crippen LogP contribution is 2.18. The molecule has 2 heterocycles. The van der Waals surface area contributed by atoms with Crippen LogP contribution in [0.5, 0.6) is 0 Å². The highest BCUT2D eigenvalue weighted by Gasteiger charge is 2.04. The minimum Gasteiger partial charge on any atom is -0.373 e. The first kappa shape index (κ1) is 12.2. The van der Waals surface area contributed by atoms with Crippen molar-refractivity contribution in [1.82, 2.24) is 19.9 Å². The number of pyridine rings is 1. The van der Waals surface area contributed by atoms with E-state index in [-0.39, 0.29) is 0 Å². The van der Waals surface area contributed by atoms with Crippen LogP contribution in [0.2, 0.25) is 0 Å². The molecule has 0 saturated heterocycles. The monoisotopic (exact) mass is 244 g/mol. The van der Waals surface area contributed by atoms with E-state index in [2.05, 4.69) is 37.5 Å². The Morgan fingerprint density at radius 1 is 1.17 bits per heavy atom. The summed E-state index contributed by atoms with van der Waals surface area (Å²) in [5.74, 6) is 2.75. The molecule has 2 rings (SSSR count). The van der Waals surface area contributed by atoms with Crippen LogP contribution in [0.4, 0.5) is 17.6 Å². The van der Waals surface area contributed by atoms with Crippen molar-refractivity contribution in [2.24, 2.45) is 0 Å². The van der Waals surface area contributed by atoms with E-state index in [9.17, 15) is 0 Å². The molecule has 0 aromatic carbocycles. The maximum atomic E-state index is 4.46. The van der Waals surface area contributed by atoms with Crippen molar-refractivity contribution in [3.63, 3.8) is 0 Å². The molecule has 0 aliphatic rings. The van der Waals surface area contributed by atoms with Gasteiger partial charge in [0.25, 0.3) is 0 Å². The molecule has 2 aromatic rings. The molecule has 6 nitrogen and oxygen atoms in total. The van der Waals surface area contributed by atoms with Gasteiger partial charge in [0.15, 0.2) is 0 Å². The summed E-state index contributed by atoms with van der Waals surface area (Å²) in [4.78, 5) is 16.6. The van der Waals surface area contributed by atoms with E-state index in [4.69, 9.17) is 0 Å². The lowest BCUT2D eigenvalue weighted by Crippen LogP contribution is -2.04. The standard InChI is InChI=1S/C12H16N6/c1-4-9-5-6-10(17-11(9)13-3)18-12-15-7-14-8(2)16-12/h5-7H,4H2,1-3H3,(H2,13,14,15,16,17,18). The van der Waals surface area contributed by atoms with Crippen molar-refractivity contribution in [1.29, 1.82) is 0 Å². The minimum atomic E-state index is 0.501. The van der Waals surface area contributed by atoms with Gasteiger partial charge in [-0.2, -0.15) is 4.98 Å².